The first-order chi connectivity index (χ1) is 14.8. The van der Waals surface area contributed by atoms with Crippen LogP contribution in [0.5, 0.6) is 0 Å². The molecule has 0 saturated carbocycles. The Hall–Kier alpha value is -2.93. The van der Waals surface area contributed by atoms with E-state index in [4.69, 9.17) is 25.5 Å². The maximum Gasteiger partial charge on any atom is 0.412 e. The van der Waals surface area contributed by atoms with E-state index in [2.05, 4.69) is 20.9 Å². The van der Waals surface area contributed by atoms with E-state index in [-0.39, 0.29) is 55.8 Å². The first kappa shape index (κ1) is 19.1. The summed E-state index contributed by atoms with van der Waals surface area (Å²) in [5.41, 5.74) is 0.281. The number of amides is 2. The lowest BCUT2D eigenvalue weighted by molar-refractivity contribution is 0.0463. The van der Waals surface area contributed by atoms with Crippen LogP contribution in [0.2, 0.25) is 5.02 Å². The average Bonchev–Trinajstić information content (AvgIpc) is 3.06. The van der Waals surface area contributed by atoms with Crippen LogP contribution in [0.15, 0.2) is 30.7 Å². The van der Waals surface area contributed by atoms with Crippen molar-refractivity contribution >= 4 is 41.8 Å². The Kier molecular flexibility index (Phi) is 5.88. The summed E-state index contributed by atoms with van der Waals surface area (Å²) in [6.45, 7) is -0.969. The lowest BCUT2D eigenvalue weighted by atomic mass is 10.3. The lowest BCUT2D eigenvalue weighted by Crippen LogP contribution is -2.49. The number of rotatable bonds is 3. The van der Waals surface area contributed by atoms with Crippen molar-refractivity contribution in [1.82, 2.24) is 24.8 Å². The Bertz CT molecular complexity index is 1060. The average molecular weight is 451 g/mol. The van der Waals surface area contributed by atoms with Crippen LogP contribution in [0.1, 0.15) is 25.2 Å². The van der Waals surface area contributed by atoms with Crippen LogP contribution in [0, 0.1) is 12.3 Å². The number of ether oxygens (including phenoxy) is 1. The quantitative estimate of drug-likeness (QED) is 0.660. The molecule has 1 atom stereocenters. The second-order valence-electron chi connectivity index (χ2n) is 6.27. The largest absolute Gasteiger partial charge is 0.419 e. The second kappa shape index (κ2) is 9.26. The minimum Gasteiger partial charge on any atom is -0.419 e. The Morgan fingerprint density at radius 1 is 1.27 bits per heavy atom. The Morgan fingerprint density at radius 2 is 2.00 bits per heavy atom. The molecule has 2 aliphatic heterocycles. The summed E-state index contributed by atoms with van der Waals surface area (Å²) >= 11 is 5.89. The monoisotopic (exact) mass is 450 g/mol. The second-order valence-corrected chi connectivity index (χ2v) is 6.70. The van der Waals surface area contributed by atoms with Crippen molar-refractivity contribution in [2.24, 2.45) is 0 Å². The molecular weight excluding hydrogens is 431 g/mol. The molecule has 2 amide bonds. The van der Waals surface area contributed by atoms with Crippen molar-refractivity contribution in [2.75, 3.05) is 37.6 Å². The van der Waals surface area contributed by atoms with Gasteiger partial charge in [0.2, 0.25) is 6.23 Å². The van der Waals surface area contributed by atoms with Gasteiger partial charge in [-0.2, -0.15) is 0 Å². The third kappa shape index (κ3) is 4.16. The number of pyridine rings is 1. The molecule has 0 spiro atoms. The van der Waals surface area contributed by atoms with E-state index in [1.54, 1.807) is 6.07 Å². The van der Waals surface area contributed by atoms with Gasteiger partial charge in [-0.1, -0.05) is 17.5 Å². The van der Waals surface area contributed by atoms with Crippen molar-refractivity contribution in [1.29, 1.82) is 0 Å². The molecule has 0 unspecified atom stereocenters. The molecule has 1 fully saturated rings. The molecule has 0 aliphatic carbocycles. The summed E-state index contributed by atoms with van der Waals surface area (Å²) in [5.74, 6) is 1.84. The predicted molar refractivity (Wildman–Crippen MR) is 111 cm³/mol. The number of carbonyl (C=O) groups excluding carboxylic acids is 2. The van der Waals surface area contributed by atoms with E-state index in [9.17, 15) is 9.59 Å². The third-order valence-electron chi connectivity index (χ3n) is 4.55. The molecule has 0 N–H and O–H groups in total. The van der Waals surface area contributed by atoms with Gasteiger partial charge in [-0.15, -0.1) is 18.8 Å². The Labute approximate surface area is 187 Å². The predicted octanol–water partition coefficient (Wildman–Crippen LogP) is 1.99. The highest BCUT2D eigenvalue weighted by Gasteiger charge is 2.44. The highest BCUT2D eigenvalue weighted by molar-refractivity contribution is 6.30. The number of aromatic nitrogens is 3. The number of nitrogens with zero attached hydrogens (tertiary/aromatic N) is 6. The lowest BCUT2D eigenvalue weighted by Gasteiger charge is -2.34. The molecule has 11 heteroatoms. The molecule has 4 heterocycles. The Morgan fingerprint density at radius 3 is 2.67 bits per heavy atom. The zero-order valence-electron chi connectivity index (χ0n) is 17.6. The van der Waals surface area contributed by atoms with E-state index in [1.807, 2.05) is 0 Å². The summed E-state index contributed by atoms with van der Waals surface area (Å²) in [7, 11) is 0. The van der Waals surface area contributed by atoms with Gasteiger partial charge in [0.1, 0.15) is 11.5 Å². The van der Waals surface area contributed by atoms with Gasteiger partial charge in [0.15, 0.2) is 5.69 Å². The van der Waals surface area contributed by atoms with Crippen molar-refractivity contribution < 1.29 is 17.1 Å². The number of piperazine rings is 1. The number of anilines is 1. The van der Waals surface area contributed by atoms with Gasteiger partial charge in [-0.25, -0.2) is 19.7 Å². The molecule has 4 rings (SSSR count). The molecule has 156 valence electrons. The smallest absolute Gasteiger partial charge is 0.412 e. The number of hydrogen-bond acceptors (Lipinski definition) is 7. The molecule has 0 radical (unpaired) electrons. The van der Waals surface area contributed by atoms with E-state index in [0.717, 1.165) is 0 Å². The third-order valence-corrected chi connectivity index (χ3v) is 4.77. The molecule has 2 aliphatic rings. The van der Waals surface area contributed by atoms with Crippen molar-refractivity contribution in [3.63, 3.8) is 0 Å². The first-order valence-electron chi connectivity index (χ1n) is 9.76. The number of terminal acetylenes is 1. The van der Waals surface area contributed by atoms with Gasteiger partial charge >= 0.3 is 6.09 Å². The first-order valence-corrected chi connectivity index (χ1v) is 9.14. The molecule has 2 aromatic rings. The highest BCUT2D eigenvalue weighted by atomic mass is 35.5. The summed E-state index contributed by atoms with van der Waals surface area (Å²) in [4.78, 5) is 42.3. The maximum absolute atomic E-state index is 12.9. The molecule has 1 saturated heterocycles. The van der Waals surface area contributed by atoms with Crippen LogP contribution < -0.4 is 4.90 Å². The van der Waals surface area contributed by atoms with Gasteiger partial charge in [0, 0.05) is 44.8 Å². The van der Waals surface area contributed by atoms with Crippen LogP contribution in [0.4, 0.5) is 10.6 Å². The summed E-state index contributed by atoms with van der Waals surface area (Å²) in [6, 6.07) is 3.10. The van der Waals surface area contributed by atoms with Gasteiger partial charge in [0.05, 0.1) is 14.3 Å². The van der Waals surface area contributed by atoms with E-state index < -0.39 is 24.7 Å². The van der Waals surface area contributed by atoms with E-state index >= 15 is 0 Å². The molecular formula is C19H18Cl2N6O3. The maximum atomic E-state index is 12.9. The van der Waals surface area contributed by atoms with Crippen molar-refractivity contribution in [3.8, 4) is 12.3 Å². The fourth-order valence-corrected chi connectivity index (χ4v) is 3.25. The molecule has 30 heavy (non-hydrogen) atoms. The summed E-state index contributed by atoms with van der Waals surface area (Å²) in [6.07, 6.45) is 7.60. The topological polar surface area (TPSA) is 91.8 Å². The molecule has 0 bridgehead atoms. The number of halogens is 2. The standard InChI is InChI=1S/C19H17ClN6O3.ClH/c1-2-7-24-8-10-25(11-9-24)19(28)29-18-16-15(21-5-6-22-16)17(27)26(18)14-4-3-13(20)12-23-14;/h1,3-6,12,18H,7-11H2;1H/t18-;/m0./s1/i7D2;. The van der Waals surface area contributed by atoms with E-state index in [0.29, 0.717) is 5.02 Å². The minimum atomic E-state index is -1.89. The van der Waals surface area contributed by atoms with Gasteiger partial charge < -0.3 is 9.64 Å². The van der Waals surface area contributed by atoms with Gasteiger partial charge in [-0.3, -0.25) is 14.7 Å². The van der Waals surface area contributed by atoms with Crippen LogP contribution in [0.25, 0.3) is 0 Å². The Balaban J connectivity index is 0.00000289. The highest BCUT2D eigenvalue weighted by Crippen LogP contribution is 2.35. The summed E-state index contributed by atoms with van der Waals surface area (Å²) < 4.78 is 21.3. The molecule has 9 nitrogen and oxygen atoms in total. The van der Waals surface area contributed by atoms with Crippen LogP contribution in [0.3, 0.4) is 0 Å². The summed E-state index contributed by atoms with van der Waals surface area (Å²) in [5, 5.41) is 0.391. The van der Waals surface area contributed by atoms with Crippen LogP contribution in [-0.2, 0) is 4.74 Å². The normalized spacial score (nSPS) is 19.9. The minimum absolute atomic E-state index is 0. The van der Waals surface area contributed by atoms with Crippen molar-refractivity contribution in [2.45, 2.75) is 6.23 Å². The molecule has 0 aromatic carbocycles. The number of fused-ring (bicyclic) bond motifs is 1. The SMILES string of the molecule is Cl.[2H]C([2H])(C#C)N1CCN(C(=O)O[C@H]2c3nccnc3C(=O)N2c2ccc(Cl)cn2)CC1. The molecule has 2 aromatic heterocycles. The van der Waals surface area contributed by atoms with Gasteiger partial charge in [-0.05, 0) is 12.1 Å². The zero-order chi connectivity index (χ0) is 22.2. The fourth-order valence-electron chi connectivity index (χ4n) is 3.14. The van der Waals surface area contributed by atoms with Crippen LogP contribution in [-0.4, -0.2) is 69.4 Å². The van der Waals surface area contributed by atoms with E-state index in [1.165, 1.54) is 39.4 Å². The van der Waals surface area contributed by atoms with Crippen LogP contribution >= 0.6 is 24.0 Å². The number of carbonyl (C=O) groups is 2. The van der Waals surface area contributed by atoms with Gasteiger partial charge in [0.25, 0.3) is 5.91 Å². The zero-order valence-corrected chi connectivity index (χ0v) is 17.1. The van der Waals surface area contributed by atoms with Crippen molar-refractivity contribution in [3.05, 3.63) is 47.1 Å². The number of hydrogen-bond donors (Lipinski definition) is 0. The fraction of sp³-hybridized carbons (Fsp3) is 0.316.